The van der Waals surface area contributed by atoms with Crippen LogP contribution in [0.15, 0.2) is 42.7 Å². The summed E-state index contributed by atoms with van der Waals surface area (Å²) in [4.78, 5) is 53.3. The molecule has 0 bridgehead atoms. The van der Waals surface area contributed by atoms with Crippen molar-refractivity contribution in [1.29, 1.82) is 0 Å². The molecule has 1 saturated carbocycles. The SMILES string of the molecule is [2H]C1C(=O)NC(=O)C([2H])(N2C(=O)c3cccc4c(Cc5cnn(C6CCN(C(=O)C7(C(F)(F)F)CC7)CC6)c5)ccc2c34)C1([2H])[2H]. The van der Waals surface area contributed by atoms with Gasteiger partial charge in [-0.25, -0.2) is 0 Å². The molecule has 2 unspecified atom stereocenters. The predicted molar refractivity (Wildman–Crippen MR) is 145 cm³/mol. The fraction of sp³-hybridized carbons (Fsp3) is 0.433. The van der Waals surface area contributed by atoms with Crippen molar-refractivity contribution < 1.29 is 37.8 Å². The normalized spacial score (nSPS) is 28.3. The lowest BCUT2D eigenvalue weighted by atomic mass is 9.97. The van der Waals surface area contributed by atoms with Crippen molar-refractivity contribution in [1.82, 2.24) is 20.0 Å². The maximum atomic E-state index is 13.6. The van der Waals surface area contributed by atoms with Gasteiger partial charge in [-0.05, 0) is 60.7 Å². The number of benzene rings is 2. The molecule has 2 saturated heterocycles. The fourth-order valence-electron chi connectivity index (χ4n) is 6.26. The van der Waals surface area contributed by atoms with Gasteiger partial charge in [0.25, 0.3) is 5.91 Å². The monoisotopic (exact) mass is 583 g/mol. The van der Waals surface area contributed by atoms with E-state index in [9.17, 15) is 32.3 Å². The molecule has 3 aromatic rings. The summed E-state index contributed by atoms with van der Waals surface area (Å²) in [5.74, 6) is -4.16. The van der Waals surface area contributed by atoms with Crippen LogP contribution in [0.4, 0.5) is 18.9 Å². The second-order valence-corrected chi connectivity index (χ2v) is 11.2. The summed E-state index contributed by atoms with van der Waals surface area (Å²) in [6, 6.07) is 5.11. The Balaban J connectivity index is 1.12. The highest BCUT2D eigenvalue weighted by Crippen LogP contribution is 2.58. The van der Waals surface area contributed by atoms with Crippen LogP contribution in [-0.4, -0.2) is 63.6 Å². The molecule has 7 rings (SSSR count). The average molecular weight is 584 g/mol. The third kappa shape index (κ3) is 4.10. The maximum absolute atomic E-state index is 13.6. The van der Waals surface area contributed by atoms with E-state index in [0.717, 1.165) is 16.0 Å². The number of nitrogens with one attached hydrogen (secondary N) is 1. The van der Waals surface area contributed by atoms with Gasteiger partial charge < -0.3 is 4.90 Å². The van der Waals surface area contributed by atoms with Crippen molar-refractivity contribution >= 4 is 40.1 Å². The number of amides is 4. The first-order chi connectivity index (χ1) is 21.6. The topological polar surface area (TPSA) is 105 Å². The third-order valence-corrected chi connectivity index (χ3v) is 8.68. The van der Waals surface area contributed by atoms with E-state index in [1.54, 1.807) is 29.1 Å². The summed E-state index contributed by atoms with van der Waals surface area (Å²) in [5, 5.41) is 7.39. The number of carbonyl (C=O) groups excluding carboxylic acids is 4. The zero-order valence-corrected chi connectivity index (χ0v) is 22.2. The molecule has 3 aliphatic heterocycles. The Morgan fingerprint density at radius 3 is 2.62 bits per heavy atom. The van der Waals surface area contributed by atoms with Gasteiger partial charge in [-0.3, -0.25) is 34.1 Å². The minimum Gasteiger partial charge on any atom is -0.342 e. The van der Waals surface area contributed by atoms with E-state index in [1.807, 2.05) is 11.5 Å². The van der Waals surface area contributed by atoms with Crippen LogP contribution in [0.1, 0.15) is 71.5 Å². The molecular weight excluding hydrogens is 551 g/mol. The Kier molecular flexibility index (Phi) is 5.01. The largest absolute Gasteiger partial charge is 0.403 e. The molecule has 4 aliphatic rings. The number of nitrogens with zero attached hydrogens (tertiary/aromatic N) is 4. The van der Waals surface area contributed by atoms with Crippen molar-refractivity contribution in [2.45, 2.75) is 63.1 Å². The van der Waals surface area contributed by atoms with Gasteiger partial charge >= 0.3 is 6.18 Å². The smallest absolute Gasteiger partial charge is 0.342 e. The van der Waals surface area contributed by atoms with Gasteiger partial charge in [-0.2, -0.15) is 18.3 Å². The Morgan fingerprint density at radius 1 is 1.14 bits per heavy atom. The van der Waals surface area contributed by atoms with E-state index >= 15 is 0 Å². The van der Waals surface area contributed by atoms with Gasteiger partial charge in [0.15, 0.2) is 0 Å². The van der Waals surface area contributed by atoms with Crippen LogP contribution >= 0.6 is 0 Å². The summed E-state index contributed by atoms with van der Waals surface area (Å²) in [6.07, 6.45) is -5.21. The van der Waals surface area contributed by atoms with Crippen LogP contribution in [0.2, 0.25) is 0 Å². The van der Waals surface area contributed by atoms with E-state index in [0.29, 0.717) is 30.0 Å². The second-order valence-electron chi connectivity index (χ2n) is 11.2. The molecule has 4 amide bonds. The maximum Gasteiger partial charge on any atom is 0.403 e. The summed E-state index contributed by atoms with van der Waals surface area (Å²) >= 11 is 0. The molecule has 0 spiro atoms. The Morgan fingerprint density at radius 2 is 1.90 bits per heavy atom. The summed E-state index contributed by atoms with van der Waals surface area (Å²) < 4.78 is 75.8. The summed E-state index contributed by atoms with van der Waals surface area (Å²) in [6.45, 7) is 0.414. The van der Waals surface area contributed by atoms with Gasteiger partial charge in [0.1, 0.15) is 11.4 Å². The van der Waals surface area contributed by atoms with Crippen LogP contribution in [0.3, 0.4) is 0 Å². The third-order valence-electron chi connectivity index (χ3n) is 8.68. The van der Waals surface area contributed by atoms with Crippen molar-refractivity contribution in [3.63, 3.8) is 0 Å². The Hall–Kier alpha value is -4.22. The highest BCUT2D eigenvalue weighted by atomic mass is 19.4. The van der Waals surface area contributed by atoms with Crippen molar-refractivity contribution in [2.75, 3.05) is 18.0 Å². The molecule has 3 fully saturated rings. The molecular formula is C30H28F3N5O4. The first kappa shape index (κ1) is 22.4. The number of alkyl halides is 3. The number of anilines is 1. The van der Waals surface area contributed by atoms with E-state index in [1.165, 1.54) is 17.0 Å². The number of imide groups is 1. The number of piperidine rings is 2. The number of aromatic nitrogens is 2. The zero-order chi connectivity index (χ0) is 33.0. The van der Waals surface area contributed by atoms with E-state index in [4.69, 9.17) is 5.48 Å². The van der Waals surface area contributed by atoms with Crippen molar-refractivity contribution in [3.05, 3.63) is 59.4 Å². The standard InChI is InChI=1S/C30H28F3N5O4/c31-30(32,33)29(10-11-29)28(42)36-12-8-19(9-13-36)37-16-17(15-34-37)14-18-4-5-22-25-20(18)2-1-3-21(25)27(41)38(22)23-6-7-24(39)35-26(23)40/h1-5,15-16,19,23H,6-14H2,(H,35,39,40)/i6D2,7D,23D. The number of hydrogen-bond donors (Lipinski definition) is 1. The Labute approximate surface area is 244 Å². The van der Waals surface area contributed by atoms with E-state index < -0.39 is 54.0 Å². The molecule has 1 aliphatic carbocycles. The molecule has 42 heavy (non-hydrogen) atoms. The zero-order valence-electron chi connectivity index (χ0n) is 26.2. The second kappa shape index (κ2) is 9.40. The van der Waals surface area contributed by atoms with Gasteiger partial charge in [0.2, 0.25) is 17.7 Å². The average Bonchev–Trinajstić information content (AvgIpc) is 3.64. The molecule has 2 aromatic carbocycles. The molecule has 218 valence electrons. The molecule has 1 N–H and O–H groups in total. The first-order valence-electron chi connectivity index (χ1n) is 15.8. The first-order valence-corrected chi connectivity index (χ1v) is 13.7. The van der Waals surface area contributed by atoms with E-state index in [-0.39, 0.29) is 43.2 Å². The van der Waals surface area contributed by atoms with Gasteiger partial charge in [0.05, 0.1) is 19.3 Å². The van der Waals surface area contributed by atoms with Crippen LogP contribution in [-0.2, 0) is 20.8 Å². The number of hydrogen-bond acceptors (Lipinski definition) is 5. The number of halogens is 3. The number of likely N-dealkylation sites (tertiary alicyclic amines) is 1. The van der Waals surface area contributed by atoms with Crippen LogP contribution in [0.25, 0.3) is 10.8 Å². The van der Waals surface area contributed by atoms with E-state index in [2.05, 4.69) is 5.10 Å². The fourth-order valence-corrected chi connectivity index (χ4v) is 6.26. The molecule has 1 aromatic heterocycles. The lowest BCUT2D eigenvalue weighted by Gasteiger charge is -2.35. The Bertz CT molecular complexity index is 1840. The van der Waals surface area contributed by atoms with Crippen LogP contribution in [0, 0.1) is 5.41 Å². The van der Waals surface area contributed by atoms with Crippen molar-refractivity contribution in [2.24, 2.45) is 5.41 Å². The quantitative estimate of drug-likeness (QED) is 0.459. The van der Waals surface area contributed by atoms with Gasteiger partial charge in [0, 0.05) is 47.2 Å². The number of carbonyl (C=O) groups is 4. The van der Waals surface area contributed by atoms with Crippen LogP contribution in [0.5, 0.6) is 0 Å². The molecule has 0 radical (unpaired) electrons. The summed E-state index contributed by atoms with van der Waals surface area (Å²) in [5.41, 5.74) is -0.367. The molecule has 12 heteroatoms. The highest BCUT2D eigenvalue weighted by molar-refractivity contribution is 6.27. The molecule has 2 atom stereocenters. The lowest BCUT2D eigenvalue weighted by Crippen LogP contribution is -2.53. The minimum atomic E-state index is -4.54. The predicted octanol–water partition coefficient (Wildman–Crippen LogP) is 3.90. The highest BCUT2D eigenvalue weighted by Gasteiger charge is 2.69. The summed E-state index contributed by atoms with van der Waals surface area (Å²) in [7, 11) is 0. The number of rotatable bonds is 5. The molecule has 4 heterocycles. The lowest BCUT2D eigenvalue weighted by molar-refractivity contribution is -0.199. The van der Waals surface area contributed by atoms with Crippen molar-refractivity contribution in [3.8, 4) is 0 Å². The van der Waals surface area contributed by atoms with Crippen LogP contribution < -0.4 is 10.2 Å². The molecule has 9 nitrogen and oxygen atoms in total. The van der Waals surface area contributed by atoms with Gasteiger partial charge in [-0.1, -0.05) is 18.2 Å². The minimum absolute atomic E-state index is 0.101. The van der Waals surface area contributed by atoms with Gasteiger partial charge in [-0.15, -0.1) is 0 Å².